The first-order valence-corrected chi connectivity index (χ1v) is 6.06. The van der Waals surface area contributed by atoms with Crippen molar-refractivity contribution >= 4 is 0 Å². The van der Waals surface area contributed by atoms with Gasteiger partial charge in [0.1, 0.15) is 5.41 Å². The van der Waals surface area contributed by atoms with E-state index >= 15 is 0 Å². The third-order valence-electron chi connectivity index (χ3n) is 3.31. The predicted molar refractivity (Wildman–Crippen MR) is 63.6 cm³/mol. The topological polar surface area (TPSA) is 66.9 Å². The Morgan fingerprint density at radius 1 is 1.38 bits per heavy atom. The van der Waals surface area contributed by atoms with Crippen molar-refractivity contribution in [2.24, 2.45) is 5.41 Å². The highest BCUT2D eigenvalue weighted by atomic mass is 16.6. The second-order valence-corrected chi connectivity index (χ2v) is 4.53. The van der Waals surface area contributed by atoms with Gasteiger partial charge in [-0.3, -0.25) is 10.1 Å². The molecule has 0 aliphatic rings. The van der Waals surface area contributed by atoms with Gasteiger partial charge in [-0.25, -0.2) is 0 Å². The summed E-state index contributed by atoms with van der Waals surface area (Å²) < 4.78 is 0. The fourth-order valence-corrected chi connectivity index (χ4v) is 1.81. The van der Waals surface area contributed by atoms with Crippen LogP contribution in [0.15, 0.2) is 0 Å². The molecule has 0 rings (SSSR count). The molecule has 16 heavy (non-hydrogen) atoms. The summed E-state index contributed by atoms with van der Waals surface area (Å²) in [7, 11) is 0. The molecular formula is C12H22N2O2. The summed E-state index contributed by atoms with van der Waals surface area (Å²) in [6.07, 6.45) is 5.14. The van der Waals surface area contributed by atoms with Crippen molar-refractivity contribution in [3.63, 3.8) is 0 Å². The van der Waals surface area contributed by atoms with Crippen LogP contribution in [0.1, 0.15) is 59.3 Å². The smallest absolute Gasteiger partial charge is 0.231 e. The summed E-state index contributed by atoms with van der Waals surface area (Å²) in [4.78, 5) is 10.7. The van der Waals surface area contributed by atoms with Crippen LogP contribution in [0.3, 0.4) is 0 Å². The van der Waals surface area contributed by atoms with Gasteiger partial charge in [0.2, 0.25) is 6.04 Å². The molecule has 92 valence electrons. The molecule has 2 unspecified atom stereocenters. The summed E-state index contributed by atoms with van der Waals surface area (Å²) in [5, 5.41) is 20.0. The molecule has 0 aromatic carbocycles. The van der Waals surface area contributed by atoms with Gasteiger partial charge in [0.15, 0.2) is 0 Å². The van der Waals surface area contributed by atoms with Crippen LogP contribution < -0.4 is 0 Å². The van der Waals surface area contributed by atoms with Crippen LogP contribution in [-0.4, -0.2) is 11.0 Å². The molecule has 0 amide bonds. The summed E-state index contributed by atoms with van der Waals surface area (Å²) in [6.45, 7) is 5.64. The molecule has 0 saturated carbocycles. The SMILES string of the molecule is CCCCCCC([N+](=O)[O-])C(C)(C#N)CC. The zero-order chi connectivity index (χ0) is 12.6. The Balaban J connectivity index is 4.39. The number of hydrogen-bond donors (Lipinski definition) is 0. The van der Waals surface area contributed by atoms with Crippen LogP contribution in [-0.2, 0) is 0 Å². The lowest BCUT2D eigenvalue weighted by Gasteiger charge is -2.23. The lowest BCUT2D eigenvalue weighted by atomic mass is 9.79. The Morgan fingerprint density at radius 2 is 2.00 bits per heavy atom. The molecule has 0 fully saturated rings. The largest absolute Gasteiger partial charge is 0.264 e. The van der Waals surface area contributed by atoms with E-state index in [1.165, 1.54) is 0 Å². The van der Waals surface area contributed by atoms with E-state index in [-0.39, 0.29) is 4.92 Å². The van der Waals surface area contributed by atoms with Gasteiger partial charge < -0.3 is 0 Å². The van der Waals surface area contributed by atoms with E-state index in [4.69, 9.17) is 5.26 Å². The van der Waals surface area contributed by atoms with Crippen molar-refractivity contribution in [2.75, 3.05) is 0 Å². The van der Waals surface area contributed by atoms with Crippen LogP contribution in [0.2, 0.25) is 0 Å². The molecule has 4 nitrogen and oxygen atoms in total. The third kappa shape index (κ3) is 4.18. The maximum atomic E-state index is 11.0. The van der Waals surface area contributed by atoms with Crippen molar-refractivity contribution in [1.82, 2.24) is 0 Å². The Hall–Kier alpha value is -1.11. The molecule has 0 aromatic rings. The Bertz CT molecular complexity index is 260. The second-order valence-electron chi connectivity index (χ2n) is 4.53. The van der Waals surface area contributed by atoms with E-state index in [9.17, 15) is 10.1 Å². The third-order valence-corrected chi connectivity index (χ3v) is 3.31. The van der Waals surface area contributed by atoms with E-state index < -0.39 is 11.5 Å². The van der Waals surface area contributed by atoms with Gasteiger partial charge in [0.05, 0.1) is 6.07 Å². The normalized spacial score (nSPS) is 16.1. The van der Waals surface area contributed by atoms with Crippen LogP contribution in [0.4, 0.5) is 0 Å². The fourth-order valence-electron chi connectivity index (χ4n) is 1.81. The van der Waals surface area contributed by atoms with Crippen molar-refractivity contribution < 1.29 is 4.92 Å². The van der Waals surface area contributed by atoms with E-state index in [0.29, 0.717) is 12.8 Å². The summed E-state index contributed by atoms with van der Waals surface area (Å²) in [6, 6.07) is 1.39. The minimum Gasteiger partial charge on any atom is -0.264 e. The average molecular weight is 226 g/mol. The van der Waals surface area contributed by atoms with Gasteiger partial charge in [0, 0.05) is 11.3 Å². The molecule has 0 saturated heterocycles. The first kappa shape index (κ1) is 14.9. The van der Waals surface area contributed by atoms with Gasteiger partial charge in [-0.05, 0) is 19.8 Å². The second kappa shape index (κ2) is 7.21. The molecular weight excluding hydrogens is 204 g/mol. The highest BCUT2D eigenvalue weighted by Gasteiger charge is 2.41. The molecule has 0 aliphatic heterocycles. The standard InChI is InChI=1S/C12H22N2O2/c1-4-6-7-8-9-11(14(15)16)12(3,5-2)10-13/h11H,4-9H2,1-3H3. The number of unbranched alkanes of at least 4 members (excludes halogenated alkanes) is 3. The fraction of sp³-hybridized carbons (Fsp3) is 0.917. The Kier molecular flexibility index (Phi) is 6.71. The Labute approximate surface area is 97.8 Å². The van der Waals surface area contributed by atoms with E-state index in [2.05, 4.69) is 13.0 Å². The van der Waals surface area contributed by atoms with Crippen LogP contribution in [0, 0.1) is 26.9 Å². The molecule has 0 heterocycles. The van der Waals surface area contributed by atoms with E-state index in [0.717, 1.165) is 25.7 Å². The zero-order valence-electron chi connectivity index (χ0n) is 10.5. The molecule has 0 radical (unpaired) electrons. The van der Waals surface area contributed by atoms with E-state index in [1.54, 1.807) is 6.92 Å². The van der Waals surface area contributed by atoms with Gasteiger partial charge in [-0.2, -0.15) is 5.26 Å². The van der Waals surface area contributed by atoms with Crippen molar-refractivity contribution in [3.8, 4) is 6.07 Å². The molecule has 4 heteroatoms. The summed E-state index contributed by atoms with van der Waals surface area (Å²) in [5.74, 6) is 0. The van der Waals surface area contributed by atoms with E-state index in [1.807, 2.05) is 6.92 Å². The lowest BCUT2D eigenvalue weighted by molar-refractivity contribution is -0.539. The number of hydrogen-bond acceptors (Lipinski definition) is 3. The molecule has 0 aliphatic carbocycles. The van der Waals surface area contributed by atoms with Crippen molar-refractivity contribution in [1.29, 1.82) is 5.26 Å². The van der Waals surface area contributed by atoms with Crippen LogP contribution in [0.5, 0.6) is 0 Å². The molecule has 0 spiro atoms. The van der Waals surface area contributed by atoms with Crippen LogP contribution in [0.25, 0.3) is 0 Å². The predicted octanol–water partition coefficient (Wildman–Crippen LogP) is 3.54. The zero-order valence-corrected chi connectivity index (χ0v) is 10.5. The monoisotopic (exact) mass is 226 g/mol. The van der Waals surface area contributed by atoms with Crippen LogP contribution >= 0.6 is 0 Å². The summed E-state index contributed by atoms with van der Waals surface area (Å²) in [5.41, 5.74) is -0.824. The van der Waals surface area contributed by atoms with Crippen molar-refractivity contribution in [3.05, 3.63) is 10.1 Å². The first-order chi connectivity index (χ1) is 7.51. The summed E-state index contributed by atoms with van der Waals surface area (Å²) >= 11 is 0. The quantitative estimate of drug-likeness (QED) is 0.361. The molecule has 0 aromatic heterocycles. The lowest BCUT2D eigenvalue weighted by Crippen LogP contribution is -2.37. The maximum absolute atomic E-state index is 11.0. The highest BCUT2D eigenvalue weighted by Crippen LogP contribution is 2.30. The van der Waals surface area contributed by atoms with Gasteiger partial charge >= 0.3 is 0 Å². The average Bonchev–Trinajstić information content (AvgIpc) is 2.27. The first-order valence-electron chi connectivity index (χ1n) is 6.06. The van der Waals surface area contributed by atoms with Gasteiger partial charge in [0.25, 0.3) is 0 Å². The minimum atomic E-state index is -0.824. The number of nitro groups is 1. The maximum Gasteiger partial charge on any atom is 0.231 e. The Morgan fingerprint density at radius 3 is 2.38 bits per heavy atom. The number of nitrogens with zero attached hydrogens (tertiary/aromatic N) is 2. The highest BCUT2D eigenvalue weighted by molar-refractivity contribution is 4.99. The number of nitriles is 1. The van der Waals surface area contributed by atoms with Gasteiger partial charge in [-0.1, -0.05) is 33.1 Å². The van der Waals surface area contributed by atoms with Crippen molar-refractivity contribution in [2.45, 2.75) is 65.3 Å². The molecule has 0 N–H and O–H groups in total. The molecule has 0 bridgehead atoms. The number of rotatable bonds is 8. The van der Waals surface area contributed by atoms with Gasteiger partial charge in [-0.15, -0.1) is 0 Å². The minimum absolute atomic E-state index is 0.279. The molecule has 2 atom stereocenters.